The van der Waals surface area contributed by atoms with E-state index in [0.717, 1.165) is 22.6 Å². The number of fused-ring (bicyclic) bond motifs is 1. The van der Waals surface area contributed by atoms with Gasteiger partial charge in [0.1, 0.15) is 5.82 Å². The number of aryl methyl sites for hydroxylation is 1. The van der Waals surface area contributed by atoms with Crippen molar-refractivity contribution >= 4 is 29.3 Å². The number of nitrogens with one attached hydrogen (secondary N) is 1. The standard InChI is InChI=1S/C20H20BN5O2/c1-13-14(2)24-20(25-19(13)22-11-15-7-4-3-5-8-15)26-18-10-6-9-17(21(27)28)16(18)12-23-26/h3-10,12,27-28H,11H2,1-2H3,(H,22,24,25). The molecule has 0 fully saturated rings. The van der Waals surface area contributed by atoms with Crippen LogP contribution in [0.25, 0.3) is 16.9 Å². The fourth-order valence-corrected chi connectivity index (χ4v) is 3.12. The molecule has 2 aromatic heterocycles. The Hall–Kier alpha value is -3.23. The molecule has 7 nitrogen and oxygen atoms in total. The number of aromatic nitrogens is 4. The zero-order chi connectivity index (χ0) is 19.7. The molecule has 0 aliphatic rings. The van der Waals surface area contributed by atoms with E-state index >= 15 is 0 Å². The second-order valence-corrected chi connectivity index (χ2v) is 6.63. The summed E-state index contributed by atoms with van der Waals surface area (Å²) in [6, 6.07) is 15.4. The molecule has 2 heterocycles. The monoisotopic (exact) mass is 373 g/mol. The average molecular weight is 373 g/mol. The van der Waals surface area contributed by atoms with E-state index in [2.05, 4.69) is 32.5 Å². The molecule has 3 N–H and O–H groups in total. The van der Waals surface area contributed by atoms with Crippen molar-refractivity contribution in [3.8, 4) is 5.95 Å². The lowest BCUT2D eigenvalue weighted by molar-refractivity contribution is 0.426. The number of hydrogen-bond acceptors (Lipinski definition) is 6. The minimum absolute atomic E-state index is 0.398. The molecule has 0 aliphatic heterocycles. The Morgan fingerprint density at radius 1 is 1.00 bits per heavy atom. The highest BCUT2D eigenvalue weighted by atomic mass is 16.4. The van der Waals surface area contributed by atoms with Crippen molar-refractivity contribution < 1.29 is 10.0 Å². The molecule has 8 heteroatoms. The minimum Gasteiger partial charge on any atom is -0.423 e. The summed E-state index contributed by atoms with van der Waals surface area (Å²) in [4.78, 5) is 9.25. The van der Waals surface area contributed by atoms with E-state index in [-0.39, 0.29) is 0 Å². The van der Waals surface area contributed by atoms with Crippen LogP contribution in [0.1, 0.15) is 16.8 Å². The molecule has 0 radical (unpaired) electrons. The molecule has 4 aromatic rings. The second-order valence-electron chi connectivity index (χ2n) is 6.63. The first kappa shape index (κ1) is 18.2. The van der Waals surface area contributed by atoms with Crippen molar-refractivity contribution in [1.82, 2.24) is 19.7 Å². The molecule has 28 heavy (non-hydrogen) atoms. The van der Waals surface area contributed by atoms with Gasteiger partial charge in [-0.05, 0) is 30.9 Å². The maximum absolute atomic E-state index is 9.58. The first-order valence-electron chi connectivity index (χ1n) is 9.01. The zero-order valence-electron chi connectivity index (χ0n) is 15.7. The maximum Gasteiger partial charge on any atom is 0.489 e. The molecule has 4 rings (SSSR count). The molecule has 0 amide bonds. The lowest BCUT2D eigenvalue weighted by Crippen LogP contribution is -2.30. The van der Waals surface area contributed by atoms with Crippen molar-refractivity contribution in [2.24, 2.45) is 0 Å². The highest BCUT2D eigenvalue weighted by molar-refractivity contribution is 6.61. The van der Waals surface area contributed by atoms with Gasteiger partial charge in [0.2, 0.25) is 0 Å². The third-order valence-corrected chi connectivity index (χ3v) is 4.80. The predicted molar refractivity (Wildman–Crippen MR) is 110 cm³/mol. The number of anilines is 1. The fraction of sp³-hybridized carbons (Fsp3) is 0.150. The van der Waals surface area contributed by atoms with Crippen molar-refractivity contribution in [2.75, 3.05) is 5.32 Å². The number of nitrogens with zero attached hydrogens (tertiary/aromatic N) is 4. The Kier molecular flexibility index (Phi) is 4.81. The van der Waals surface area contributed by atoms with Crippen LogP contribution in [0, 0.1) is 13.8 Å². The van der Waals surface area contributed by atoms with Crippen LogP contribution in [0.3, 0.4) is 0 Å². The predicted octanol–water partition coefficient (Wildman–Crippen LogP) is 1.72. The van der Waals surface area contributed by atoms with Gasteiger partial charge in [0.05, 0.1) is 11.7 Å². The van der Waals surface area contributed by atoms with Gasteiger partial charge in [0.15, 0.2) is 0 Å². The van der Waals surface area contributed by atoms with Crippen molar-refractivity contribution in [3.05, 3.63) is 71.5 Å². The summed E-state index contributed by atoms with van der Waals surface area (Å²) >= 11 is 0. The third kappa shape index (κ3) is 3.35. The van der Waals surface area contributed by atoms with Crippen molar-refractivity contribution in [2.45, 2.75) is 20.4 Å². The molecule has 2 aromatic carbocycles. The zero-order valence-corrected chi connectivity index (χ0v) is 15.7. The smallest absolute Gasteiger partial charge is 0.423 e. The van der Waals surface area contributed by atoms with Gasteiger partial charge in [-0.2, -0.15) is 14.8 Å². The van der Waals surface area contributed by atoms with Gasteiger partial charge in [-0.25, -0.2) is 4.98 Å². The third-order valence-electron chi connectivity index (χ3n) is 4.80. The molecule has 0 atom stereocenters. The Bertz CT molecular complexity index is 1130. The Morgan fingerprint density at radius 2 is 1.79 bits per heavy atom. The van der Waals surface area contributed by atoms with Gasteiger partial charge in [-0.1, -0.05) is 42.5 Å². The van der Waals surface area contributed by atoms with Crippen molar-refractivity contribution in [3.63, 3.8) is 0 Å². The number of hydrogen-bond donors (Lipinski definition) is 3. The van der Waals surface area contributed by atoms with E-state index in [4.69, 9.17) is 0 Å². The maximum atomic E-state index is 9.58. The van der Waals surface area contributed by atoms with Gasteiger partial charge in [-0.15, -0.1) is 0 Å². The number of rotatable bonds is 5. The van der Waals surface area contributed by atoms with Gasteiger partial charge < -0.3 is 15.4 Å². The van der Waals surface area contributed by atoms with E-state index in [9.17, 15) is 10.0 Å². The minimum atomic E-state index is -1.56. The highest BCUT2D eigenvalue weighted by Gasteiger charge is 2.19. The summed E-state index contributed by atoms with van der Waals surface area (Å²) in [6.45, 7) is 4.56. The van der Waals surface area contributed by atoms with Crippen molar-refractivity contribution in [1.29, 1.82) is 0 Å². The summed E-state index contributed by atoms with van der Waals surface area (Å²) in [5.41, 5.74) is 4.09. The molecule has 0 bridgehead atoms. The van der Waals surface area contributed by atoms with Crippen LogP contribution in [0.15, 0.2) is 54.7 Å². The second kappa shape index (κ2) is 7.42. The topological polar surface area (TPSA) is 96.1 Å². The molecule has 0 spiro atoms. The molecule has 140 valence electrons. The van der Waals surface area contributed by atoms with Gasteiger partial charge in [0, 0.05) is 23.2 Å². The van der Waals surface area contributed by atoms with Crippen LogP contribution in [0.5, 0.6) is 0 Å². The van der Waals surface area contributed by atoms with Crippen LogP contribution >= 0.6 is 0 Å². The lowest BCUT2D eigenvalue weighted by atomic mass is 9.78. The summed E-state index contributed by atoms with van der Waals surface area (Å²) in [6.07, 6.45) is 1.60. The quantitative estimate of drug-likeness (QED) is 0.461. The summed E-state index contributed by atoms with van der Waals surface area (Å²) in [5.74, 6) is 1.17. The molecule has 0 aliphatic carbocycles. The Labute approximate surface area is 162 Å². The van der Waals surface area contributed by atoms with Gasteiger partial charge in [0.25, 0.3) is 5.95 Å². The molecular formula is C20H20BN5O2. The van der Waals surface area contributed by atoms with Crippen LogP contribution < -0.4 is 10.8 Å². The highest BCUT2D eigenvalue weighted by Crippen LogP contribution is 2.20. The van der Waals surface area contributed by atoms with Crippen LogP contribution in [0.2, 0.25) is 0 Å². The van der Waals surface area contributed by atoms with Crippen LogP contribution in [-0.2, 0) is 6.54 Å². The number of benzene rings is 2. The first-order chi connectivity index (χ1) is 13.5. The van der Waals surface area contributed by atoms with Crippen LogP contribution in [-0.4, -0.2) is 36.9 Å². The van der Waals surface area contributed by atoms with Gasteiger partial charge in [-0.3, -0.25) is 0 Å². The largest absolute Gasteiger partial charge is 0.489 e. The molecule has 0 unspecified atom stereocenters. The first-order valence-corrected chi connectivity index (χ1v) is 9.01. The summed E-state index contributed by atoms with van der Waals surface area (Å²) in [7, 11) is -1.56. The van der Waals surface area contributed by atoms with E-state index in [1.165, 1.54) is 0 Å². The fourth-order valence-electron chi connectivity index (χ4n) is 3.12. The molecule has 0 saturated heterocycles. The van der Waals surface area contributed by atoms with E-state index in [1.54, 1.807) is 23.0 Å². The van der Waals surface area contributed by atoms with E-state index in [1.807, 2.05) is 38.1 Å². The van der Waals surface area contributed by atoms with E-state index in [0.29, 0.717) is 28.9 Å². The summed E-state index contributed by atoms with van der Waals surface area (Å²) in [5, 5.41) is 27.6. The Morgan fingerprint density at radius 3 is 2.54 bits per heavy atom. The normalized spacial score (nSPS) is 11.0. The lowest BCUT2D eigenvalue weighted by Gasteiger charge is -2.13. The Balaban J connectivity index is 1.74. The average Bonchev–Trinajstić information content (AvgIpc) is 3.14. The summed E-state index contributed by atoms with van der Waals surface area (Å²) < 4.78 is 1.61. The van der Waals surface area contributed by atoms with E-state index < -0.39 is 7.12 Å². The van der Waals surface area contributed by atoms with Gasteiger partial charge >= 0.3 is 7.12 Å². The SMILES string of the molecule is Cc1nc(-n2ncc3c(B(O)O)cccc32)nc(NCc2ccccc2)c1C. The molecular weight excluding hydrogens is 353 g/mol. The molecule has 0 saturated carbocycles. The van der Waals surface area contributed by atoms with Crippen LogP contribution in [0.4, 0.5) is 5.82 Å².